The first-order valence-electron chi connectivity index (χ1n) is 10.1. The lowest BCUT2D eigenvalue weighted by atomic mass is 10.2. The fraction of sp³-hybridized carbons (Fsp3) is 0.0833. The molecule has 1 amide bonds. The summed E-state index contributed by atoms with van der Waals surface area (Å²) in [6.45, 7) is 1.32. The molecular weight excluding hydrogens is 479 g/mol. The normalized spacial score (nSPS) is 11.0. The summed E-state index contributed by atoms with van der Waals surface area (Å²) >= 11 is 11.8. The lowest BCUT2D eigenvalue weighted by Gasteiger charge is -2.06. The van der Waals surface area contributed by atoms with E-state index in [0.29, 0.717) is 22.0 Å². The number of para-hydroxylation sites is 1. The quantitative estimate of drug-likeness (QED) is 0.274. The number of anilines is 1. The standard InChI is InChI=1S/C24H18Cl2N4O4/c1-15-7-9-20(34-15)23-16(13-30(29-23)18-5-3-2-4-6-18)8-10-22(32)33-14-21(31)28-24-19(26)11-17(25)12-27-24/h2-13H,14H2,1H3,(H,27,28,31)/b10-8+. The van der Waals surface area contributed by atoms with Crippen LogP contribution in [0.1, 0.15) is 11.3 Å². The van der Waals surface area contributed by atoms with E-state index < -0.39 is 18.5 Å². The highest BCUT2D eigenvalue weighted by atomic mass is 35.5. The van der Waals surface area contributed by atoms with Crippen molar-refractivity contribution in [2.24, 2.45) is 0 Å². The molecule has 4 rings (SSSR count). The van der Waals surface area contributed by atoms with Gasteiger partial charge >= 0.3 is 5.97 Å². The second-order valence-corrected chi connectivity index (χ2v) is 7.94. The van der Waals surface area contributed by atoms with Crippen molar-refractivity contribution in [1.82, 2.24) is 14.8 Å². The highest BCUT2D eigenvalue weighted by molar-refractivity contribution is 6.36. The number of rotatable bonds is 7. The van der Waals surface area contributed by atoms with E-state index in [4.69, 9.17) is 32.4 Å². The number of hydrogen-bond donors (Lipinski definition) is 1. The highest BCUT2D eigenvalue weighted by Gasteiger charge is 2.15. The molecule has 10 heteroatoms. The van der Waals surface area contributed by atoms with Gasteiger partial charge in [0.25, 0.3) is 5.91 Å². The van der Waals surface area contributed by atoms with Crippen LogP contribution in [0.4, 0.5) is 5.82 Å². The van der Waals surface area contributed by atoms with Crippen molar-refractivity contribution >= 4 is 47.0 Å². The average Bonchev–Trinajstić information content (AvgIpc) is 3.45. The number of aryl methyl sites for hydroxylation is 1. The fourth-order valence-corrected chi connectivity index (χ4v) is 3.42. The van der Waals surface area contributed by atoms with E-state index in [0.717, 1.165) is 11.4 Å². The molecule has 172 valence electrons. The van der Waals surface area contributed by atoms with Gasteiger partial charge in [-0.3, -0.25) is 4.79 Å². The smallest absolute Gasteiger partial charge is 0.331 e. The van der Waals surface area contributed by atoms with Gasteiger partial charge in [0, 0.05) is 24.0 Å². The van der Waals surface area contributed by atoms with Crippen molar-refractivity contribution in [1.29, 1.82) is 0 Å². The SMILES string of the molecule is Cc1ccc(-c2nn(-c3ccccc3)cc2/C=C/C(=O)OCC(=O)Nc2ncc(Cl)cc2Cl)o1. The van der Waals surface area contributed by atoms with Crippen LogP contribution in [-0.4, -0.2) is 33.2 Å². The summed E-state index contributed by atoms with van der Waals surface area (Å²) < 4.78 is 12.4. The van der Waals surface area contributed by atoms with Gasteiger partial charge in [0.15, 0.2) is 18.2 Å². The Bertz CT molecular complexity index is 1360. The molecule has 34 heavy (non-hydrogen) atoms. The number of nitrogens with one attached hydrogen (secondary N) is 1. The van der Waals surface area contributed by atoms with Gasteiger partial charge in [-0.25, -0.2) is 14.5 Å². The van der Waals surface area contributed by atoms with Gasteiger partial charge < -0.3 is 14.5 Å². The minimum Gasteiger partial charge on any atom is -0.460 e. The Morgan fingerprint density at radius 3 is 2.68 bits per heavy atom. The Morgan fingerprint density at radius 1 is 1.18 bits per heavy atom. The van der Waals surface area contributed by atoms with E-state index >= 15 is 0 Å². The average molecular weight is 497 g/mol. The van der Waals surface area contributed by atoms with Crippen LogP contribution in [0.15, 0.2) is 71.4 Å². The predicted molar refractivity (Wildman–Crippen MR) is 129 cm³/mol. The largest absolute Gasteiger partial charge is 0.460 e. The van der Waals surface area contributed by atoms with Crippen molar-refractivity contribution in [2.75, 3.05) is 11.9 Å². The lowest BCUT2D eigenvalue weighted by molar-refractivity contribution is -0.142. The van der Waals surface area contributed by atoms with E-state index in [-0.39, 0.29) is 10.8 Å². The van der Waals surface area contributed by atoms with Crippen molar-refractivity contribution in [3.8, 4) is 17.1 Å². The first-order valence-corrected chi connectivity index (χ1v) is 10.8. The van der Waals surface area contributed by atoms with Crippen LogP contribution in [-0.2, 0) is 14.3 Å². The molecular formula is C24H18Cl2N4O4. The number of furan rings is 1. The molecule has 0 unspecified atom stereocenters. The Balaban J connectivity index is 1.45. The molecule has 0 saturated carbocycles. The third-order valence-electron chi connectivity index (χ3n) is 4.55. The predicted octanol–water partition coefficient (Wildman–Crippen LogP) is 5.34. The van der Waals surface area contributed by atoms with Gasteiger partial charge in [-0.05, 0) is 43.3 Å². The summed E-state index contributed by atoms with van der Waals surface area (Å²) in [6, 6.07) is 14.6. The summed E-state index contributed by atoms with van der Waals surface area (Å²) in [5.74, 6) is 0.114. The molecule has 0 bridgehead atoms. The number of carbonyl (C=O) groups is 2. The zero-order valence-corrected chi connectivity index (χ0v) is 19.4. The molecule has 0 aliphatic carbocycles. The molecule has 0 spiro atoms. The Hall–Kier alpha value is -3.88. The van der Waals surface area contributed by atoms with Crippen LogP contribution >= 0.6 is 23.2 Å². The molecule has 4 aromatic rings. The number of nitrogens with zero attached hydrogens (tertiary/aromatic N) is 3. The zero-order valence-electron chi connectivity index (χ0n) is 17.9. The van der Waals surface area contributed by atoms with E-state index in [1.54, 1.807) is 17.0 Å². The zero-order chi connectivity index (χ0) is 24.1. The number of hydrogen-bond acceptors (Lipinski definition) is 6. The summed E-state index contributed by atoms with van der Waals surface area (Å²) in [5, 5.41) is 7.56. The van der Waals surface area contributed by atoms with Crippen LogP contribution < -0.4 is 5.32 Å². The van der Waals surface area contributed by atoms with E-state index in [1.807, 2.05) is 49.4 Å². The summed E-state index contributed by atoms with van der Waals surface area (Å²) in [5.41, 5.74) is 2.04. The second-order valence-electron chi connectivity index (χ2n) is 7.10. The van der Waals surface area contributed by atoms with E-state index in [1.165, 1.54) is 18.3 Å². The number of halogens is 2. The van der Waals surface area contributed by atoms with Crippen molar-refractivity contribution < 1.29 is 18.7 Å². The molecule has 0 aliphatic rings. The molecule has 1 aromatic carbocycles. The molecule has 0 aliphatic heterocycles. The van der Waals surface area contributed by atoms with Crippen LogP contribution in [0.25, 0.3) is 23.2 Å². The Morgan fingerprint density at radius 2 is 1.97 bits per heavy atom. The van der Waals surface area contributed by atoms with Gasteiger partial charge in [-0.15, -0.1) is 0 Å². The van der Waals surface area contributed by atoms with Crippen molar-refractivity contribution in [3.63, 3.8) is 0 Å². The highest BCUT2D eigenvalue weighted by Crippen LogP contribution is 2.27. The number of amides is 1. The van der Waals surface area contributed by atoms with E-state index in [2.05, 4.69) is 15.4 Å². The topological polar surface area (TPSA) is 99.2 Å². The maximum atomic E-state index is 12.2. The Kier molecular flexibility index (Phi) is 7.10. The van der Waals surface area contributed by atoms with Gasteiger partial charge in [-0.2, -0.15) is 5.10 Å². The summed E-state index contributed by atoms with van der Waals surface area (Å²) in [6.07, 6.45) is 5.88. The number of aromatic nitrogens is 3. The molecule has 0 radical (unpaired) electrons. The molecule has 0 fully saturated rings. The van der Waals surface area contributed by atoms with Crippen molar-refractivity contribution in [3.05, 3.63) is 88.4 Å². The van der Waals surface area contributed by atoms with Crippen LogP contribution in [0.3, 0.4) is 0 Å². The third kappa shape index (κ3) is 5.72. The minimum absolute atomic E-state index is 0.120. The molecule has 1 N–H and O–H groups in total. The Labute approximate surface area is 204 Å². The number of pyridine rings is 1. The molecule has 3 heterocycles. The van der Waals surface area contributed by atoms with Gasteiger partial charge in [0.05, 0.1) is 15.7 Å². The second kappa shape index (κ2) is 10.4. The first-order chi connectivity index (χ1) is 16.4. The van der Waals surface area contributed by atoms with Crippen LogP contribution in [0.5, 0.6) is 0 Å². The number of carbonyl (C=O) groups excluding carboxylic acids is 2. The summed E-state index contributed by atoms with van der Waals surface area (Å²) in [4.78, 5) is 28.2. The van der Waals surface area contributed by atoms with Gasteiger partial charge in [0.1, 0.15) is 11.5 Å². The van der Waals surface area contributed by atoms with E-state index in [9.17, 15) is 9.59 Å². The monoisotopic (exact) mass is 496 g/mol. The third-order valence-corrected chi connectivity index (χ3v) is 5.04. The molecule has 8 nitrogen and oxygen atoms in total. The number of esters is 1. The number of ether oxygens (including phenoxy) is 1. The molecule has 0 saturated heterocycles. The van der Waals surface area contributed by atoms with Gasteiger partial charge in [0.2, 0.25) is 0 Å². The van der Waals surface area contributed by atoms with Crippen LogP contribution in [0, 0.1) is 6.92 Å². The summed E-state index contributed by atoms with van der Waals surface area (Å²) in [7, 11) is 0. The van der Waals surface area contributed by atoms with Crippen LogP contribution in [0.2, 0.25) is 10.0 Å². The maximum absolute atomic E-state index is 12.2. The fourth-order valence-electron chi connectivity index (χ4n) is 2.99. The minimum atomic E-state index is -0.709. The van der Waals surface area contributed by atoms with Gasteiger partial charge in [-0.1, -0.05) is 41.4 Å². The number of benzene rings is 1. The lowest BCUT2D eigenvalue weighted by Crippen LogP contribution is -2.20. The molecule has 3 aromatic heterocycles. The molecule has 0 atom stereocenters. The first kappa shape index (κ1) is 23.3. The van der Waals surface area contributed by atoms with Crippen molar-refractivity contribution in [2.45, 2.75) is 6.92 Å². The maximum Gasteiger partial charge on any atom is 0.331 e.